The third-order valence-corrected chi connectivity index (χ3v) is 3.30. The van der Waals surface area contributed by atoms with Gasteiger partial charge in [-0.1, -0.05) is 6.42 Å². The summed E-state index contributed by atoms with van der Waals surface area (Å²) in [6.07, 6.45) is 3.50. The van der Waals surface area contributed by atoms with Gasteiger partial charge in [-0.05, 0) is 31.4 Å². The number of fused-ring (bicyclic) bond motifs is 1. The molecule has 1 heterocycles. The lowest BCUT2D eigenvalue weighted by Gasteiger charge is -2.28. The third-order valence-electron chi connectivity index (χ3n) is 3.30. The van der Waals surface area contributed by atoms with Crippen molar-refractivity contribution in [3.63, 3.8) is 0 Å². The molecule has 0 radical (unpaired) electrons. The largest absolute Gasteiger partial charge is 0.488 e. The number of hydrogen-bond acceptors (Lipinski definition) is 4. The van der Waals surface area contributed by atoms with E-state index in [0.29, 0.717) is 5.75 Å². The fraction of sp³-hybridized carbons (Fsp3) is 0.538. The second-order valence-electron chi connectivity index (χ2n) is 4.52. The van der Waals surface area contributed by atoms with Gasteiger partial charge in [-0.25, -0.2) is 0 Å². The maximum Gasteiger partial charge on any atom is 0.231 e. The normalized spacial score (nSPS) is 26.9. The van der Waals surface area contributed by atoms with E-state index in [2.05, 4.69) is 0 Å². The Balaban J connectivity index is 1.72. The van der Waals surface area contributed by atoms with Crippen molar-refractivity contribution in [3.8, 4) is 17.2 Å². The molecule has 4 heteroatoms. The maximum absolute atomic E-state index is 9.84. The van der Waals surface area contributed by atoms with Crippen LogP contribution >= 0.6 is 0 Å². The highest BCUT2D eigenvalue weighted by atomic mass is 16.7. The zero-order valence-electron chi connectivity index (χ0n) is 9.59. The smallest absolute Gasteiger partial charge is 0.231 e. The summed E-state index contributed by atoms with van der Waals surface area (Å²) < 4.78 is 16.3. The van der Waals surface area contributed by atoms with Crippen molar-refractivity contribution in [2.75, 3.05) is 6.79 Å². The molecule has 1 aromatic carbocycles. The van der Waals surface area contributed by atoms with Crippen molar-refractivity contribution in [2.45, 2.75) is 37.9 Å². The summed E-state index contributed by atoms with van der Waals surface area (Å²) in [4.78, 5) is 0. The van der Waals surface area contributed by atoms with Crippen molar-refractivity contribution >= 4 is 0 Å². The minimum absolute atomic E-state index is 0.0934. The zero-order chi connectivity index (χ0) is 11.7. The standard InChI is InChI=1S/C13H16O4/c14-10-3-1-2-4-11(10)17-9-5-6-12-13(7-9)16-8-15-12/h5-7,10-11,14H,1-4,8H2/t10-,11-/m1/s1. The van der Waals surface area contributed by atoms with E-state index in [0.717, 1.165) is 37.2 Å². The molecule has 2 atom stereocenters. The SMILES string of the molecule is O[C@@H]1CCCC[C@H]1Oc1ccc2c(c1)OCO2. The number of hydrogen-bond donors (Lipinski definition) is 1. The van der Waals surface area contributed by atoms with Crippen LogP contribution in [0.5, 0.6) is 17.2 Å². The Morgan fingerprint density at radius 1 is 1.12 bits per heavy atom. The fourth-order valence-corrected chi connectivity index (χ4v) is 2.34. The molecule has 1 N–H and O–H groups in total. The van der Waals surface area contributed by atoms with Crippen molar-refractivity contribution < 1.29 is 19.3 Å². The molecular weight excluding hydrogens is 220 g/mol. The van der Waals surface area contributed by atoms with E-state index < -0.39 is 0 Å². The second-order valence-corrected chi connectivity index (χ2v) is 4.52. The number of aliphatic hydroxyl groups is 1. The Morgan fingerprint density at radius 3 is 2.82 bits per heavy atom. The van der Waals surface area contributed by atoms with E-state index in [-0.39, 0.29) is 19.0 Å². The van der Waals surface area contributed by atoms with E-state index in [1.807, 2.05) is 18.2 Å². The van der Waals surface area contributed by atoms with Crippen LogP contribution in [0.25, 0.3) is 0 Å². The lowest BCUT2D eigenvalue weighted by atomic mass is 9.95. The predicted molar refractivity (Wildman–Crippen MR) is 61.5 cm³/mol. The number of rotatable bonds is 2. The Morgan fingerprint density at radius 2 is 1.94 bits per heavy atom. The maximum atomic E-state index is 9.84. The van der Waals surface area contributed by atoms with E-state index >= 15 is 0 Å². The summed E-state index contributed by atoms with van der Waals surface area (Å²) in [5.74, 6) is 2.20. The monoisotopic (exact) mass is 236 g/mol. The minimum Gasteiger partial charge on any atom is -0.488 e. The van der Waals surface area contributed by atoms with Gasteiger partial charge in [0.25, 0.3) is 0 Å². The molecule has 1 aliphatic carbocycles. The first-order valence-corrected chi connectivity index (χ1v) is 6.07. The quantitative estimate of drug-likeness (QED) is 0.854. The van der Waals surface area contributed by atoms with Crippen LogP contribution in [0.4, 0.5) is 0 Å². The summed E-state index contributed by atoms with van der Waals surface area (Å²) in [5, 5.41) is 9.84. The highest BCUT2D eigenvalue weighted by molar-refractivity contribution is 5.46. The second kappa shape index (κ2) is 4.45. The van der Waals surface area contributed by atoms with Crippen molar-refractivity contribution in [3.05, 3.63) is 18.2 Å². The van der Waals surface area contributed by atoms with Crippen LogP contribution in [0.1, 0.15) is 25.7 Å². The molecule has 92 valence electrons. The van der Waals surface area contributed by atoms with Gasteiger partial charge in [-0.3, -0.25) is 0 Å². The van der Waals surface area contributed by atoms with Crippen molar-refractivity contribution in [2.24, 2.45) is 0 Å². The molecule has 0 aromatic heterocycles. The fourth-order valence-electron chi connectivity index (χ4n) is 2.34. The van der Waals surface area contributed by atoms with Gasteiger partial charge < -0.3 is 19.3 Å². The number of benzene rings is 1. The van der Waals surface area contributed by atoms with Gasteiger partial charge in [0.2, 0.25) is 6.79 Å². The summed E-state index contributed by atoms with van der Waals surface area (Å²) in [5.41, 5.74) is 0. The molecular formula is C13H16O4. The topological polar surface area (TPSA) is 47.9 Å². The number of ether oxygens (including phenoxy) is 3. The molecule has 0 saturated heterocycles. The van der Waals surface area contributed by atoms with Gasteiger partial charge in [-0.15, -0.1) is 0 Å². The first-order chi connectivity index (χ1) is 8.33. The van der Waals surface area contributed by atoms with E-state index in [1.165, 1.54) is 0 Å². The molecule has 1 fully saturated rings. The minimum atomic E-state index is -0.353. The van der Waals surface area contributed by atoms with Crippen LogP contribution in [-0.4, -0.2) is 24.1 Å². The van der Waals surface area contributed by atoms with Gasteiger partial charge >= 0.3 is 0 Å². The molecule has 17 heavy (non-hydrogen) atoms. The molecule has 1 aromatic rings. The molecule has 0 amide bonds. The molecule has 1 saturated carbocycles. The molecule has 1 aliphatic heterocycles. The molecule has 0 spiro atoms. The highest BCUT2D eigenvalue weighted by Crippen LogP contribution is 2.36. The van der Waals surface area contributed by atoms with Crippen LogP contribution in [0.15, 0.2) is 18.2 Å². The van der Waals surface area contributed by atoms with E-state index in [1.54, 1.807) is 0 Å². The van der Waals surface area contributed by atoms with Gasteiger partial charge in [-0.2, -0.15) is 0 Å². The van der Waals surface area contributed by atoms with Crippen LogP contribution in [0.2, 0.25) is 0 Å². The average molecular weight is 236 g/mol. The Labute approximate surface area is 100 Å². The van der Waals surface area contributed by atoms with Gasteiger partial charge in [0.15, 0.2) is 11.5 Å². The van der Waals surface area contributed by atoms with Crippen LogP contribution in [-0.2, 0) is 0 Å². The zero-order valence-corrected chi connectivity index (χ0v) is 9.59. The van der Waals surface area contributed by atoms with Crippen molar-refractivity contribution in [1.29, 1.82) is 0 Å². The summed E-state index contributed by atoms with van der Waals surface area (Å²) in [7, 11) is 0. The summed E-state index contributed by atoms with van der Waals surface area (Å²) >= 11 is 0. The van der Waals surface area contributed by atoms with Gasteiger partial charge in [0.1, 0.15) is 11.9 Å². The van der Waals surface area contributed by atoms with E-state index in [9.17, 15) is 5.11 Å². The van der Waals surface area contributed by atoms with Gasteiger partial charge in [0.05, 0.1) is 6.10 Å². The average Bonchev–Trinajstić information content (AvgIpc) is 2.79. The lowest BCUT2D eigenvalue weighted by molar-refractivity contribution is 0.00679. The van der Waals surface area contributed by atoms with Crippen LogP contribution < -0.4 is 14.2 Å². The number of aliphatic hydroxyl groups excluding tert-OH is 1. The Kier molecular flexibility index (Phi) is 2.81. The Bertz CT molecular complexity index is 404. The molecule has 4 nitrogen and oxygen atoms in total. The third kappa shape index (κ3) is 2.17. The van der Waals surface area contributed by atoms with Crippen LogP contribution in [0, 0.1) is 0 Å². The molecule has 0 unspecified atom stereocenters. The predicted octanol–water partition coefficient (Wildman–Crippen LogP) is 2.10. The molecule has 0 bridgehead atoms. The van der Waals surface area contributed by atoms with E-state index in [4.69, 9.17) is 14.2 Å². The summed E-state index contributed by atoms with van der Waals surface area (Å²) in [6.45, 7) is 0.269. The first-order valence-electron chi connectivity index (χ1n) is 6.07. The summed E-state index contributed by atoms with van der Waals surface area (Å²) in [6, 6.07) is 5.52. The molecule has 2 aliphatic rings. The Hall–Kier alpha value is -1.42. The van der Waals surface area contributed by atoms with Crippen LogP contribution in [0.3, 0.4) is 0 Å². The lowest BCUT2D eigenvalue weighted by Crippen LogP contribution is -2.34. The molecule has 3 rings (SSSR count). The first kappa shape index (κ1) is 10.7. The highest BCUT2D eigenvalue weighted by Gasteiger charge is 2.25. The van der Waals surface area contributed by atoms with Gasteiger partial charge in [0, 0.05) is 6.07 Å². The van der Waals surface area contributed by atoms with Crippen molar-refractivity contribution in [1.82, 2.24) is 0 Å².